The third kappa shape index (κ3) is 7.74. The van der Waals surface area contributed by atoms with Gasteiger partial charge in [0.05, 0.1) is 6.61 Å². The van der Waals surface area contributed by atoms with Crippen LogP contribution in [-0.4, -0.2) is 18.0 Å². The van der Waals surface area contributed by atoms with Crippen molar-refractivity contribution in [2.45, 2.75) is 39.5 Å². The molecule has 0 aromatic heterocycles. The van der Waals surface area contributed by atoms with Crippen molar-refractivity contribution in [2.75, 3.05) is 6.61 Å². The maximum atomic E-state index is 10.1. The van der Waals surface area contributed by atoms with Gasteiger partial charge in [0.15, 0.2) is 0 Å². The molecule has 1 N–H and O–H groups in total. The van der Waals surface area contributed by atoms with Gasteiger partial charge >= 0.3 is 0 Å². The first-order chi connectivity index (χ1) is 6.70. The van der Waals surface area contributed by atoms with Crippen molar-refractivity contribution < 1.29 is 9.90 Å². The van der Waals surface area contributed by atoms with Crippen LogP contribution < -0.4 is 0 Å². The summed E-state index contributed by atoms with van der Waals surface area (Å²) in [5, 5.41) is 8.63. The zero-order valence-electron chi connectivity index (χ0n) is 9.12. The molecule has 80 valence electrons. The van der Waals surface area contributed by atoms with E-state index in [9.17, 15) is 4.79 Å². The van der Waals surface area contributed by atoms with Gasteiger partial charge in [-0.15, -0.1) is 0 Å². The second kappa shape index (κ2) is 8.70. The summed E-state index contributed by atoms with van der Waals surface area (Å²) in [5.74, 6) is 0. The maximum Gasteiger partial charge on any atom is 0.120 e. The quantitative estimate of drug-likeness (QED) is 0.502. The Hall–Kier alpha value is -0.890. The molecule has 0 aliphatic rings. The van der Waals surface area contributed by atoms with Crippen LogP contribution in [0.3, 0.4) is 0 Å². The number of hydrogen-bond donors (Lipinski definition) is 1. The largest absolute Gasteiger partial charge is 0.392 e. The first kappa shape index (κ1) is 13.1. The third-order valence-electron chi connectivity index (χ3n) is 2.13. The third-order valence-corrected chi connectivity index (χ3v) is 2.13. The molecule has 0 amide bonds. The highest BCUT2D eigenvalue weighted by atomic mass is 16.2. The molecule has 0 heterocycles. The zero-order valence-corrected chi connectivity index (χ0v) is 9.12. The topological polar surface area (TPSA) is 37.3 Å². The van der Waals surface area contributed by atoms with E-state index < -0.39 is 0 Å². The highest BCUT2D eigenvalue weighted by Crippen LogP contribution is 2.09. The number of aliphatic hydroxyl groups excluding tert-OH is 1. The molecule has 2 heteroatoms. The van der Waals surface area contributed by atoms with Crippen molar-refractivity contribution >= 4 is 6.29 Å². The number of hydrogen-bond acceptors (Lipinski definition) is 2. The Morgan fingerprint density at radius 1 is 1.07 bits per heavy atom. The molecule has 0 aromatic carbocycles. The fraction of sp³-hybridized carbons (Fsp3) is 0.583. The van der Waals surface area contributed by atoms with Gasteiger partial charge in [0.25, 0.3) is 0 Å². The molecule has 0 bridgehead atoms. The van der Waals surface area contributed by atoms with Crippen molar-refractivity contribution in [3.05, 3.63) is 23.3 Å². The number of aldehydes is 1. The summed E-state index contributed by atoms with van der Waals surface area (Å²) in [6.45, 7) is 4.19. The lowest BCUT2D eigenvalue weighted by molar-refractivity contribution is -0.107. The van der Waals surface area contributed by atoms with Gasteiger partial charge in [-0.1, -0.05) is 23.3 Å². The van der Waals surface area contributed by atoms with Gasteiger partial charge in [0.2, 0.25) is 0 Å². The monoisotopic (exact) mass is 196 g/mol. The highest BCUT2D eigenvalue weighted by Gasteiger charge is 1.91. The van der Waals surface area contributed by atoms with Gasteiger partial charge < -0.3 is 9.90 Å². The first-order valence-corrected chi connectivity index (χ1v) is 5.06. The molecule has 2 nitrogen and oxygen atoms in total. The summed E-state index contributed by atoms with van der Waals surface area (Å²) in [5.41, 5.74) is 2.49. The van der Waals surface area contributed by atoms with Gasteiger partial charge in [0.1, 0.15) is 6.29 Å². The van der Waals surface area contributed by atoms with Crippen LogP contribution in [0.25, 0.3) is 0 Å². The van der Waals surface area contributed by atoms with Crippen LogP contribution in [0, 0.1) is 0 Å². The van der Waals surface area contributed by atoms with Crippen LogP contribution in [0.5, 0.6) is 0 Å². The molecule has 0 saturated heterocycles. The minimum absolute atomic E-state index is 0.125. The second-order valence-corrected chi connectivity index (χ2v) is 3.53. The molecule has 0 rings (SSSR count). The minimum atomic E-state index is 0.125. The van der Waals surface area contributed by atoms with Crippen molar-refractivity contribution in [2.24, 2.45) is 0 Å². The predicted molar refractivity (Wildman–Crippen MR) is 59.1 cm³/mol. The van der Waals surface area contributed by atoms with E-state index in [2.05, 4.69) is 13.0 Å². The molecule has 0 aliphatic carbocycles. The van der Waals surface area contributed by atoms with E-state index in [1.807, 2.05) is 13.0 Å². The molecule has 0 radical (unpaired) electrons. The van der Waals surface area contributed by atoms with Gasteiger partial charge in [0, 0.05) is 6.42 Å². The Balaban J connectivity index is 3.69. The Kier molecular flexibility index (Phi) is 8.14. The van der Waals surface area contributed by atoms with Gasteiger partial charge in [-0.05, 0) is 33.1 Å². The van der Waals surface area contributed by atoms with E-state index in [-0.39, 0.29) is 6.61 Å². The number of carbonyl (C=O) groups is 1. The van der Waals surface area contributed by atoms with E-state index in [0.717, 1.165) is 25.5 Å². The first-order valence-electron chi connectivity index (χ1n) is 5.06. The van der Waals surface area contributed by atoms with Crippen molar-refractivity contribution in [3.63, 3.8) is 0 Å². The van der Waals surface area contributed by atoms with Crippen molar-refractivity contribution in [3.8, 4) is 0 Å². The van der Waals surface area contributed by atoms with E-state index in [4.69, 9.17) is 5.11 Å². The lowest BCUT2D eigenvalue weighted by atomic mass is 10.1. The van der Waals surface area contributed by atoms with Crippen LogP contribution in [0.15, 0.2) is 23.3 Å². The molecular formula is C12H20O2. The molecule has 0 atom stereocenters. The highest BCUT2D eigenvalue weighted by molar-refractivity contribution is 5.49. The summed E-state index contributed by atoms with van der Waals surface area (Å²) in [4.78, 5) is 10.1. The maximum absolute atomic E-state index is 10.1. The van der Waals surface area contributed by atoms with E-state index in [0.29, 0.717) is 6.42 Å². The van der Waals surface area contributed by atoms with Crippen LogP contribution >= 0.6 is 0 Å². The van der Waals surface area contributed by atoms with E-state index >= 15 is 0 Å². The number of carbonyl (C=O) groups excluding carboxylic acids is 1. The summed E-state index contributed by atoms with van der Waals surface area (Å²) >= 11 is 0. The Bertz CT molecular complexity index is 214. The molecule has 0 aromatic rings. The molecular weight excluding hydrogens is 176 g/mol. The van der Waals surface area contributed by atoms with Crippen LogP contribution in [0.2, 0.25) is 0 Å². The fourth-order valence-corrected chi connectivity index (χ4v) is 1.19. The summed E-state index contributed by atoms with van der Waals surface area (Å²) in [6.07, 6.45) is 8.41. The predicted octanol–water partition coefficient (Wildman–Crippen LogP) is 2.63. The molecule has 0 saturated carbocycles. The van der Waals surface area contributed by atoms with E-state index in [1.54, 1.807) is 0 Å². The number of rotatable bonds is 7. The van der Waals surface area contributed by atoms with Crippen molar-refractivity contribution in [1.29, 1.82) is 0 Å². The summed E-state index contributed by atoms with van der Waals surface area (Å²) in [7, 11) is 0. The molecule has 0 unspecified atom stereocenters. The van der Waals surface area contributed by atoms with Crippen molar-refractivity contribution in [1.82, 2.24) is 0 Å². The summed E-state index contributed by atoms with van der Waals surface area (Å²) < 4.78 is 0. The minimum Gasteiger partial charge on any atom is -0.392 e. The standard InChI is InChI=1S/C12H20O2/c1-11(7-4-9-13)5-3-6-12(2)8-10-14/h5,8-9,14H,3-4,6-7,10H2,1-2H3/b11-5+,12-8-. The lowest BCUT2D eigenvalue weighted by Gasteiger charge is -1.99. The van der Waals surface area contributed by atoms with Gasteiger partial charge in [-0.2, -0.15) is 0 Å². The lowest BCUT2D eigenvalue weighted by Crippen LogP contribution is -1.83. The number of aliphatic hydroxyl groups is 1. The second-order valence-electron chi connectivity index (χ2n) is 3.53. The average molecular weight is 196 g/mol. The Morgan fingerprint density at radius 3 is 2.21 bits per heavy atom. The average Bonchev–Trinajstić information content (AvgIpc) is 2.15. The van der Waals surface area contributed by atoms with Crippen LogP contribution in [-0.2, 0) is 4.79 Å². The Morgan fingerprint density at radius 2 is 1.64 bits per heavy atom. The summed E-state index contributed by atoms with van der Waals surface area (Å²) in [6, 6.07) is 0. The van der Waals surface area contributed by atoms with Gasteiger partial charge in [-0.25, -0.2) is 0 Å². The van der Waals surface area contributed by atoms with Gasteiger partial charge in [-0.3, -0.25) is 0 Å². The Labute approximate surface area is 86.3 Å². The molecule has 0 spiro atoms. The molecule has 0 aliphatic heterocycles. The number of allylic oxidation sites excluding steroid dienone is 3. The van der Waals surface area contributed by atoms with Crippen LogP contribution in [0.4, 0.5) is 0 Å². The normalized spacial score (nSPS) is 13.1. The molecule has 0 fully saturated rings. The zero-order chi connectivity index (χ0) is 10.8. The van der Waals surface area contributed by atoms with E-state index in [1.165, 1.54) is 11.1 Å². The van der Waals surface area contributed by atoms with Crippen LogP contribution in [0.1, 0.15) is 39.5 Å². The fourth-order valence-electron chi connectivity index (χ4n) is 1.19. The SMILES string of the molecule is C/C(=C/CO)CC/C=C(\C)CCC=O. The molecule has 14 heavy (non-hydrogen) atoms. The smallest absolute Gasteiger partial charge is 0.120 e.